The van der Waals surface area contributed by atoms with Crippen molar-refractivity contribution in [2.45, 2.75) is 33.9 Å². The molecule has 7 heteroatoms. The van der Waals surface area contributed by atoms with Crippen LogP contribution in [0.2, 0.25) is 0 Å². The fourth-order valence-electron chi connectivity index (χ4n) is 2.84. The molecule has 1 aromatic heterocycles. The summed E-state index contributed by atoms with van der Waals surface area (Å²) in [6, 6.07) is 4.03. The van der Waals surface area contributed by atoms with E-state index in [4.69, 9.17) is 14.5 Å². The molecule has 7 nitrogen and oxygen atoms in total. The molecule has 0 aliphatic carbocycles. The van der Waals surface area contributed by atoms with Crippen molar-refractivity contribution in [3.05, 3.63) is 41.2 Å². The molecule has 1 heterocycles. The molecule has 2 rings (SSSR count). The largest absolute Gasteiger partial charge is 0.493 e. The summed E-state index contributed by atoms with van der Waals surface area (Å²) in [5.41, 5.74) is 3.48. The maximum Gasteiger partial charge on any atom is 0.194 e. The van der Waals surface area contributed by atoms with Crippen LogP contribution in [0.15, 0.2) is 29.5 Å². The molecule has 0 spiro atoms. The van der Waals surface area contributed by atoms with Crippen LogP contribution < -0.4 is 14.8 Å². The van der Waals surface area contributed by atoms with Gasteiger partial charge in [0.05, 0.1) is 33.5 Å². The van der Waals surface area contributed by atoms with E-state index in [-0.39, 0.29) is 0 Å². The lowest BCUT2D eigenvalue weighted by molar-refractivity contribution is 0.353. The maximum atomic E-state index is 5.44. The quantitative estimate of drug-likeness (QED) is 0.569. The van der Waals surface area contributed by atoms with Gasteiger partial charge in [0, 0.05) is 26.3 Å². The van der Waals surface area contributed by atoms with Gasteiger partial charge in [-0.3, -0.25) is 9.67 Å². The Morgan fingerprint density at radius 3 is 2.52 bits per heavy atom. The van der Waals surface area contributed by atoms with E-state index in [2.05, 4.69) is 29.2 Å². The molecule has 1 N–H and O–H groups in total. The number of aliphatic imine (C=N–C) groups is 1. The molecular formula is C20H31N5O2. The van der Waals surface area contributed by atoms with Crippen LogP contribution in [0.3, 0.4) is 0 Å². The molecule has 0 bridgehead atoms. The Hall–Kier alpha value is -2.70. The summed E-state index contributed by atoms with van der Waals surface area (Å²) < 4.78 is 12.7. The van der Waals surface area contributed by atoms with Gasteiger partial charge >= 0.3 is 0 Å². The molecule has 148 valence electrons. The Kier molecular flexibility index (Phi) is 7.52. The highest BCUT2D eigenvalue weighted by atomic mass is 16.5. The summed E-state index contributed by atoms with van der Waals surface area (Å²) in [4.78, 5) is 6.85. The number of hydrogen-bond donors (Lipinski definition) is 1. The Morgan fingerprint density at radius 1 is 1.22 bits per heavy atom. The first kappa shape index (κ1) is 20.6. The van der Waals surface area contributed by atoms with Crippen LogP contribution in [0, 0.1) is 13.8 Å². The number of nitrogens with one attached hydrogen (secondary N) is 1. The van der Waals surface area contributed by atoms with Gasteiger partial charge in [-0.15, -0.1) is 0 Å². The van der Waals surface area contributed by atoms with Crippen molar-refractivity contribution in [3.63, 3.8) is 0 Å². The first-order chi connectivity index (χ1) is 13.0. The second-order valence-electron chi connectivity index (χ2n) is 6.51. The second kappa shape index (κ2) is 9.85. The highest BCUT2D eigenvalue weighted by Crippen LogP contribution is 2.30. The second-order valence-corrected chi connectivity index (χ2v) is 6.51. The first-order valence-electron chi connectivity index (χ1n) is 9.18. The third kappa shape index (κ3) is 5.64. The topological polar surface area (TPSA) is 63.9 Å². The van der Waals surface area contributed by atoms with Gasteiger partial charge in [0.2, 0.25) is 0 Å². The summed E-state index contributed by atoms with van der Waals surface area (Å²) in [5.74, 6) is 2.36. The Balaban J connectivity index is 2.09. The van der Waals surface area contributed by atoms with Gasteiger partial charge in [-0.05, 0) is 49.6 Å². The van der Waals surface area contributed by atoms with E-state index in [1.54, 1.807) is 14.2 Å². The molecule has 0 unspecified atom stereocenters. The van der Waals surface area contributed by atoms with Gasteiger partial charge in [-0.2, -0.15) is 5.10 Å². The van der Waals surface area contributed by atoms with E-state index in [0.717, 1.165) is 48.2 Å². The van der Waals surface area contributed by atoms with Crippen molar-refractivity contribution in [2.75, 3.05) is 34.4 Å². The number of rotatable bonds is 8. The number of benzene rings is 1. The molecular weight excluding hydrogens is 342 g/mol. The molecule has 27 heavy (non-hydrogen) atoms. The van der Waals surface area contributed by atoms with Crippen molar-refractivity contribution in [1.82, 2.24) is 20.0 Å². The van der Waals surface area contributed by atoms with Gasteiger partial charge in [0.15, 0.2) is 17.5 Å². The molecule has 0 aliphatic rings. The number of aromatic nitrogens is 2. The van der Waals surface area contributed by atoms with Crippen molar-refractivity contribution in [1.29, 1.82) is 0 Å². The zero-order valence-electron chi connectivity index (χ0n) is 17.2. The van der Waals surface area contributed by atoms with Crippen LogP contribution in [-0.4, -0.2) is 55.0 Å². The van der Waals surface area contributed by atoms with Gasteiger partial charge in [-0.1, -0.05) is 0 Å². The average molecular weight is 374 g/mol. The Bertz CT molecular complexity index is 770. The van der Waals surface area contributed by atoms with Crippen molar-refractivity contribution in [3.8, 4) is 11.5 Å². The van der Waals surface area contributed by atoms with Crippen molar-refractivity contribution >= 4 is 5.96 Å². The van der Waals surface area contributed by atoms with Crippen LogP contribution in [0.1, 0.15) is 23.6 Å². The van der Waals surface area contributed by atoms with Crippen molar-refractivity contribution < 1.29 is 9.47 Å². The highest BCUT2D eigenvalue weighted by molar-refractivity contribution is 5.79. The minimum absolute atomic E-state index is 0.665. The molecule has 0 amide bonds. The van der Waals surface area contributed by atoms with E-state index in [0.29, 0.717) is 6.54 Å². The van der Waals surface area contributed by atoms with Gasteiger partial charge in [0.1, 0.15) is 0 Å². The number of aryl methyl sites for hydroxylation is 2. The highest BCUT2D eigenvalue weighted by Gasteiger charge is 2.12. The molecule has 0 fully saturated rings. The molecule has 1 aromatic carbocycles. The fourth-order valence-corrected chi connectivity index (χ4v) is 2.84. The summed E-state index contributed by atoms with van der Waals surface area (Å²) in [6.07, 6.45) is 3.89. The summed E-state index contributed by atoms with van der Waals surface area (Å²) in [7, 11) is 5.35. The van der Waals surface area contributed by atoms with Crippen molar-refractivity contribution in [2.24, 2.45) is 4.99 Å². The lowest BCUT2D eigenvalue weighted by atomic mass is 10.1. The Labute approximate surface area is 162 Å². The maximum absolute atomic E-state index is 5.44. The molecule has 0 saturated heterocycles. The van der Waals surface area contributed by atoms with E-state index < -0.39 is 0 Å². The van der Waals surface area contributed by atoms with Crippen LogP contribution in [0.25, 0.3) is 0 Å². The summed E-state index contributed by atoms with van der Waals surface area (Å²) in [6.45, 7) is 9.14. The van der Waals surface area contributed by atoms with Crippen LogP contribution in [0.5, 0.6) is 11.5 Å². The minimum Gasteiger partial charge on any atom is -0.493 e. The fraction of sp³-hybridized carbons (Fsp3) is 0.500. The monoisotopic (exact) mass is 373 g/mol. The summed E-state index contributed by atoms with van der Waals surface area (Å²) in [5, 5.41) is 7.66. The minimum atomic E-state index is 0.665. The number of nitrogens with zero attached hydrogens (tertiary/aromatic N) is 4. The van der Waals surface area contributed by atoms with Crippen LogP contribution in [0.4, 0.5) is 0 Å². The van der Waals surface area contributed by atoms with Gasteiger partial charge in [-0.25, -0.2) is 0 Å². The predicted octanol–water partition coefficient (Wildman–Crippen LogP) is 2.61. The van der Waals surface area contributed by atoms with Crippen LogP contribution in [-0.2, 0) is 13.1 Å². The lowest BCUT2D eigenvalue weighted by Gasteiger charge is -2.23. The van der Waals surface area contributed by atoms with E-state index in [1.807, 2.05) is 43.2 Å². The van der Waals surface area contributed by atoms with Crippen LogP contribution >= 0.6 is 0 Å². The van der Waals surface area contributed by atoms with E-state index >= 15 is 0 Å². The molecule has 2 aromatic rings. The number of guanidine groups is 1. The zero-order valence-corrected chi connectivity index (χ0v) is 17.2. The molecule has 0 aliphatic heterocycles. The number of methoxy groups -OCH3 is 2. The molecule has 0 atom stereocenters. The lowest BCUT2D eigenvalue weighted by Crippen LogP contribution is -2.38. The van der Waals surface area contributed by atoms with E-state index in [9.17, 15) is 0 Å². The Morgan fingerprint density at radius 2 is 1.93 bits per heavy atom. The smallest absolute Gasteiger partial charge is 0.194 e. The first-order valence-corrected chi connectivity index (χ1v) is 9.18. The number of ether oxygens (including phenoxy) is 2. The SMILES string of the molecule is CCNC(=NCCn1cc(C)cn1)N(C)Cc1cc(OC)c(OC)cc1C. The normalized spacial score (nSPS) is 11.4. The third-order valence-corrected chi connectivity index (χ3v) is 4.30. The zero-order chi connectivity index (χ0) is 19.8. The number of hydrogen-bond acceptors (Lipinski definition) is 4. The molecule has 0 saturated carbocycles. The van der Waals surface area contributed by atoms with E-state index in [1.165, 1.54) is 5.56 Å². The standard InChI is InChI=1S/C20H31N5O2/c1-7-21-20(22-8-9-25-13-15(2)12-23-25)24(4)14-17-11-19(27-6)18(26-5)10-16(17)3/h10-13H,7-9,14H2,1-6H3,(H,21,22). The average Bonchev–Trinajstić information content (AvgIpc) is 3.07. The summed E-state index contributed by atoms with van der Waals surface area (Å²) >= 11 is 0. The molecule has 0 radical (unpaired) electrons. The van der Waals surface area contributed by atoms with Gasteiger partial charge < -0.3 is 19.7 Å². The predicted molar refractivity (Wildman–Crippen MR) is 109 cm³/mol. The van der Waals surface area contributed by atoms with Gasteiger partial charge in [0.25, 0.3) is 0 Å². The third-order valence-electron chi connectivity index (χ3n) is 4.30.